The van der Waals surface area contributed by atoms with Crippen molar-refractivity contribution < 1.29 is 22.3 Å². The Bertz CT molecular complexity index is 497. The molecule has 2 aromatic rings. The van der Waals surface area contributed by atoms with Gasteiger partial charge in [0, 0.05) is 0 Å². The number of furan rings is 1. The van der Waals surface area contributed by atoms with Crippen LogP contribution < -0.4 is 10.5 Å². The Morgan fingerprint density at radius 1 is 1.11 bits per heavy atom. The Kier molecular flexibility index (Phi) is 4.85. The van der Waals surface area contributed by atoms with E-state index in [1.807, 2.05) is 0 Å². The van der Waals surface area contributed by atoms with Gasteiger partial charge in [0.15, 0.2) is 0 Å². The van der Waals surface area contributed by atoms with Crippen molar-refractivity contribution in [2.75, 3.05) is 0 Å². The average Bonchev–Trinajstić information content (AvgIpc) is 2.80. The van der Waals surface area contributed by atoms with Crippen LogP contribution in [0.3, 0.4) is 0 Å². The zero-order valence-corrected chi connectivity index (χ0v) is 10.4. The summed E-state index contributed by atoms with van der Waals surface area (Å²) in [6.45, 7) is 0. The van der Waals surface area contributed by atoms with Crippen molar-refractivity contribution in [3.8, 4) is 5.75 Å². The van der Waals surface area contributed by atoms with E-state index >= 15 is 0 Å². The number of benzene rings is 1. The molecule has 1 aromatic carbocycles. The molecule has 1 aromatic heterocycles. The second-order valence-corrected chi connectivity index (χ2v) is 3.61. The number of rotatable bonds is 3. The molecule has 0 amide bonds. The van der Waals surface area contributed by atoms with Gasteiger partial charge < -0.3 is 14.9 Å². The average molecular weight is 294 g/mol. The molecule has 104 valence electrons. The van der Waals surface area contributed by atoms with Gasteiger partial charge in [-0.3, -0.25) is 0 Å². The standard InChI is InChI=1S/C12H10F3NO2.ClH/c13-12(14,15)18-9-5-3-8(4-6-9)11(16)10-2-1-7-17-10;/h1-7,11H,16H2;1H/t11-;/m1./s1. The monoisotopic (exact) mass is 293 g/mol. The Morgan fingerprint density at radius 3 is 2.21 bits per heavy atom. The fourth-order valence-corrected chi connectivity index (χ4v) is 1.51. The quantitative estimate of drug-likeness (QED) is 0.939. The predicted octanol–water partition coefficient (Wildman–Crippen LogP) is 3.65. The van der Waals surface area contributed by atoms with Crippen LogP contribution in [0.5, 0.6) is 5.75 Å². The molecule has 3 nitrogen and oxygen atoms in total. The zero-order valence-electron chi connectivity index (χ0n) is 9.55. The van der Waals surface area contributed by atoms with Gasteiger partial charge in [-0.1, -0.05) is 12.1 Å². The van der Waals surface area contributed by atoms with Crippen molar-refractivity contribution >= 4 is 12.4 Å². The lowest BCUT2D eigenvalue weighted by Crippen LogP contribution is -2.17. The first-order valence-corrected chi connectivity index (χ1v) is 5.10. The van der Waals surface area contributed by atoms with Gasteiger partial charge in [0.05, 0.1) is 12.3 Å². The second-order valence-electron chi connectivity index (χ2n) is 3.61. The predicted molar refractivity (Wildman–Crippen MR) is 65.1 cm³/mol. The van der Waals surface area contributed by atoms with Crippen LogP contribution in [0.1, 0.15) is 17.4 Å². The van der Waals surface area contributed by atoms with Gasteiger partial charge in [0.1, 0.15) is 11.5 Å². The van der Waals surface area contributed by atoms with E-state index in [9.17, 15) is 13.2 Å². The van der Waals surface area contributed by atoms with E-state index in [1.54, 1.807) is 12.1 Å². The Labute approximate surface area is 113 Å². The molecule has 0 saturated carbocycles. The summed E-state index contributed by atoms with van der Waals surface area (Å²) >= 11 is 0. The molecule has 19 heavy (non-hydrogen) atoms. The molecule has 0 aliphatic rings. The maximum Gasteiger partial charge on any atom is 0.573 e. The minimum atomic E-state index is -4.69. The van der Waals surface area contributed by atoms with Gasteiger partial charge in [0.2, 0.25) is 0 Å². The van der Waals surface area contributed by atoms with Crippen LogP contribution in [0, 0.1) is 0 Å². The number of alkyl halides is 3. The van der Waals surface area contributed by atoms with E-state index in [4.69, 9.17) is 10.2 Å². The smallest absolute Gasteiger partial charge is 0.467 e. The Balaban J connectivity index is 0.00000180. The first kappa shape index (κ1) is 15.4. The lowest BCUT2D eigenvalue weighted by atomic mass is 10.1. The molecule has 1 atom stereocenters. The lowest BCUT2D eigenvalue weighted by Gasteiger charge is -2.11. The summed E-state index contributed by atoms with van der Waals surface area (Å²) in [5, 5.41) is 0. The molecule has 0 bridgehead atoms. The molecule has 0 unspecified atom stereocenters. The Morgan fingerprint density at radius 2 is 1.74 bits per heavy atom. The van der Waals surface area contributed by atoms with E-state index in [1.165, 1.54) is 30.5 Å². The molecular weight excluding hydrogens is 283 g/mol. The summed E-state index contributed by atoms with van der Waals surface area (Å²) < 4.78 is 44.8. The van der Waals surface area contributed by atoms with Crippen molar-refractivity contribution in [2.45, 2.75) is 12.4 Å². The highest BCUT2D eigenvalue weighted by Crippen LogP contribution is 2.25. The summed E-state index contributed by atoms with van der Waals surface area (Å²) in [6.07, 6.45) is -3.21. The van der Waals surface area contributed by atoms with Crippen molar-refractivity contribution in [3.63, 3.8) is 0 Å². The summed E-state index contributed by atoms with van der Waals surface area (Å²) in [4.78, 5) is 0. The number of nitrogens with two attached hydrogens (primary N) is 1. The first-order valence-electron chi connectivity index (χ1n) is 5.10. The third-order valence-corrected chi connectivity index (χ3v) is 2.32. The number of hydrogen-bond donors (Lipinski definition) is 1. The second kappa shape index (κ2) is 5.99. The van der Waals surface area contributed by atoms with Crippen LogP contribution in [0.4, 0.5) is 13.2 Å². The molecule has 0 saturated heterocycles. The van der Waals surface area contributed by atoms with E-state index in [-0.39, 0.29) is 18.2 Å². The van der Waals surface area contributed by atoms with Crippen LogP contribution in [0.15, 0.2) is 47.1 Å². The van der Waals surface area contributed by atoms with Gasteiger partial charge >= 0.3 is 6.36 Å². The van der Waals surface area contributed by atoms with Crippen molar-refractivity contribution in [2.24, 2.45) is 5.73 Å². The molecule has 0 fully saturated rings. The summed E-state index contributed by atoms with van der Waals surface area (Å²) in [6, 6.07) is 8.24. The van der Waals surface area contributed by atoms with Gasteiger partial charge in [-0.2, -0.15) is 0 Å². The number of ether oxygens (including phenoxy) is 1. The number of hydrogen-bond acceptors (Lipinski definition) is 3. The minimum absolute atomic E-state index is 0. The maximum atomic E-state index is 12.0. The molecule has 2 rings (SSSR count). The number of halogens is 4. The van der Waals surface area contributed by atoms with Crippen molar-refractivity contribution in [1.82, 2.24) is 0 Å². The first-order chi connectivity index (χ1) is 8.46. The van der Waals surface area contributed by atoms with E-state index in [0.717, 1.165) is 0 Å². The summed E-state index contributed by atoms with van der Waals surface area (Å²) in [5.74, 6) is 0.261. The minimum Gasteiger partial charge on any atom is -0.467 e. The van der Waals surface area contributed by atoms with E-state index in [2.05, 4.69) is 4.74 Å². The fourth-order valence-electron chi connectivity index (χ4n) is 1.51. The van der Waals surface area contributed by atoms with Crippen molar-refractivity contribution in [1.29, 1.82) is 0 Å². The summed E-state index contributed by atoms with van der Waals surface area (Å²) in [5.41, 5.74) is 6.52. The van der Waals surface area contributed by atoms with Crippen LogP contribution in [0.25, 0.3) is 0 Å². The molecule has 2 N–H and O–H groups in total. The summed E-state index contributed by atoms with van der Waals surface area (Å²) in [7, 11) is 0. The zero-order chi connectivity index (χ0) is 13.2. The maximum absolute atomic E-state index is 12.0. The van der Waals surface area contributed by atoms with Gasteiger partial charge in [-0.25, -0.2) is 0 Å². The van der Waals surface area contributed by atoms with Crippen LogP contribution in [-0.4, -0.2) is 6.36 Å². The van der Waals surface area contributed by atoms with Crippen LogP contribution in [0.2, 0.25) is 0 Å². The van der Waals surface area contributed by atoms with Crippen molar-refractivity contribution in [3.05, 3.63) is 54.0 Å². The van der Waals surface area contributed by atoms with Gasteiger partial charge in [-0.05, 0) is 29.8 Å². The normalized spacial score (nSPS) is 12.6. The molecule has 1 heterocycles. The molecule has 0 aliphatic carbocycles. The van der Waals surface area contributed by atoms with Crippen LogP contribution >= 0.6 is 12.4 Å². The molecular formula is C12H11ClF3NO2. The van der Waals surface area contributed by atoms with Crippen LogP contribution in [-0.2, 0) is 0 Å². The molecule has 0 radical (unpaired) electrons. The molecule has 0 aliphatic heterocycles. The SMILES string of the molecule is Cl.N[C@H](c1ccc(OC(F)(F)F)cc1)c1ccco1. The van der Waals surface area contributed by atoms with Gasteiger partial charge in [-0.15, -0.1) is 25.6 Å². The largest absolute Gasteiger partial charge is 0.573 e. The third-order valence-electron chi connectivity index (χ3n) is 2.32. The van der Waals surface area contributed by atoms with E-state index in [0.29, 0.717) is 11.3 Å². The lowest BCUT2D eigenvalue weighted by molar-refractivity contribution is -0.274. The topological polar surface area (TPSA) is 48.4 Å². The highest BCUT2D eigenvalue weighted by Gasteiger charge is 2.31. The third kappa shape index (κ3) is 4.18. The molecule has 0 spiro atoms. The highest BCUT2D eigenvalue weighted by atomic mass is 35.5. The molecule has 7 heteroatoms. The van der Waals surface area contributed by atoms with Gasteiger partial charge in [0.25, 0.3) is 0 Å². The van der Waals surface area contributed by atoms with E-state index < -0.39 is 12.4 Å². The Hall–Kier alpha value is -1.66. The highest BCUT2D eigenvalue weighted by molar-refractivity contribution is 5.85. The fraction of sp³-hybridized carbons (Fsp3) is 0.167.